The van der Waals surface area contributed by atoms with Crippen LogP contribution in [-0.2, 0) is 0 Å². The van der Waals surface area contributed by atoms with E-state index in [2.05, 4.69) is 24.1 Å². The van der Waals surface area contributed by atoms with Gasteiger partial charge in [0.25, 0.3) is 5.91 Å². The van der Waals surface area contributed by atoms with E-state index >= 15 is 0 Å². The normalized spacial score (nSPS) is 16.8. The lowest BCUT2D eigenvalue weighted by Gasteiger charge is -2.37. The second-order valence-electron chi connectivity index (χ2n) is 5.84. The molecule has 1 aliphatic rings. The summed E-state index contributed by atoms with van der Waals surface area (Å²) in [6, 6.07) is 11.6. The number of nitrogens with one attached hydrogen (secondary N) is 2. The number of carbonyl (C=O) groups excluding carboxylic acids is 1. The number of aromatic amines is 1. The second kappa shape index (κ2) is 5.57. The maximum absolute atomic E-state index is 12.8. The molecule has 5 nitrogen and oxygen atoms in total. The summed E-state index contributed by atoms with van der Waals surface area (Å²) in [7, 11) is 0. The highest BCUT2D eigenvalue weighted by atomic mass is 16.2. The van der Waals surface area contributed by atoms with Gasteiger partial charge in [0.1, 0.15) is 11.8 Å². The Morgan fingerprint density at radius 3 is 2.86 bits per heavy atom. The number of hydrogen-bond acceptors (Lipinski definition) is 3. The molecule has 0 unspecified atom stereocenters. The minimum absolute atomic E-state index is 0.110. The van der Waals surface area contributed by atoms with Gasteiger partial charge in [0, 0.05) is 18.8 Å². The average Bonchev–Trinajstić information content (AvgIpc) is 3.02. The van der Waals surface area contributed by atoms with Crippen LogP contribution in [-0.4, -0.2) is 23.5 Å². The third kappa shape index (κ3) is 2.44. The lowest BCUT2D eigenvalue weighted by molar-refractivity contribution is 0.0979. The quantitative estimate of drug-likeness (QED) is 0.894. The summed E-state index contributed by atoms with van der Waals surface area (Å²) < 4.78 is 0. The number of amides is 1. The van der Waals surface area contributed by atoms with Crippen LogP contribution >= 0.6 is 0 Å². The molecule has 0 radical (unpaired) electrons. The molecule has 2 N–H and O–H groups in total. The number of para-hydroxylation sites is 2. The predicted octanol–water partition coefficient (Wildman–Crippen LogP) is 2.98. The molecular formula is C17H18N4O. The van der Waals surface area contributed by atoms with Crippen molar-refractivity contribution in [3.05, 3.63) is 47.8 Å². The van der Waals surface area contributed by atoms with Gasteiger partial charge in [0.05, 0.1) is 16.9 Å². The molecule has 1 amide bonds. The summed E-state index contributed by atoms with van der Waals surface area (Å²) in [5.41, 5.74) is 2.74. The van der Waals surface area contributed by atoms with Gasteiger partial charge < -0.3 is 15.2 Å². The zero-order valence-corrected chi connectivity index (χ0v) is 12.6. The summed E-state index contributed by atoms with van der Waals surface area (Å²) in [6.07, 6.45) is 1.56. The number of fused-ring (bicyclic) bond motifs is 1. The van der Waals surface area contributed by atoms with E-state index in [0.717, 1.165) is 11.4 Å². The highest BCUT2D eigenvalue weighted by molar-refractivity contribution is 6.07. The fourth-order valence-corrected chi connectivity index (χ4v) is 2.67. The van der Waals surface area contributed by atoms with Gasteiger partial charge in [-0.25, -0.2) is 0 Å². The maximum atomic E-state index is 12.8. The molecule has 112 valence electrons. The van der Waals surface area contributed by atoms with E-state index in [1.165, 1.54) is 0 Å². The molecule has 1 atom stereocenters. The standard InChI is InChI=1S/C17H18N4O/c1-11(2)15-10-21(16-6-4-3-5-13(16)20-15)17(22)14-7-12(8-18)9-19-14/h3-7,9,11,15,19-20H,10H2,1-2H3/t15-/m1/s1. The first-order valence-electron chi connectivity index (χ1n) is 7.36. The summed E-state index contributed by atoms with van der Waals surface area (Å²) >= 11 is 0. The third-order valence-electron chi connectivity index (χ3n) is 4.01. The van der Waals surface area contributed by atoms with Gasteiger partial charge in [-0.2, -0.15) is 5.26 Å². The number of nitrogens with zero attached hydrogens (tertiary/aromatic N) is 2. The molecule has 1 aliphatic heterocycles. The maximum Gasteiger partial charge on any atom is 0.274 e. The Hall–Kier alpha value is -2.74. The lowest BCUT2D eigenvalue weighted by Crippen LogP contribution is -2.47. The minimum atomic E-state index is -0.110. The summed E-state index contributed by atoms with van der Waals surface area (Å²) in [4.78, 5) is 17.5. The summed E-state index contributed by atoms with van der Waals surface area (Å²) in [5, 5.41) is 12.4. The first-order chi connectivity index (χ1) is 10.6. The molecule has 1 aromatic heterocycles. The molecule has 2 aromatic rings. The van der Waals surface area contributed by atoms with Crippen molar-refractivity contribution in [2.75, 3.05) is 16.8 Å². The number of benzene rings is 1. The molecule has 0 bridgehead atoms. The van der Waals surface area contributed by atoms with Crippen molar-refractivity contribution in [2.45, 2.75) is 19.9 Å². The van der Waals surface area contributed by atoms with Crippen molar-refractivity contribution < 1.29 is 4.79 Å². The molecule has 0 saturated carbocycles. The van der Waals surface area contributed by atoms with Crippen LogP contribution in [0, 0.1) is 17.2 Å². The molecule has 5 heteroatoms. The van der Waals surface area contributed by atoms with Crippen molar-refractivity contribution >= 4 is 17.3 Å². The van der Waals surface area contributed by atoms with Crippen LogP contribution in [0.25, 0.3) is 0 Å². The van der Waals surface area contributed by atoms with Gasteiger partial charge in [-0.15, -0.1) is 0 Å². The van der Waals surface area contributed by atoms with E-state index in [0.29, 0.717) is 23.7 Å². The van der Waals surface area contributed by atoms with Crippen LogP contribution in [0.3, 0.4) is 0 Å². The number of rotatable bonds is 2. The van der Waals surface area contributed by atoms with E-state index in [4.69, 9.17) is 5.26 Å². The van der Waals surface area contributed by atoms with Crippen LogP contribution in [0.5, 0.6) is 0 Å². The van der Waals surface area contributed by atoms with Crippen LogP contribution in [0.2, 0.25) is 0 Å². The topological polar surface area (TPSA) is 71.9 Å². The Balaban J connectivity index is 1.97. The SMILES string of the molecule is CC(C)[C@H]1CN(C(=O)c2cc(C#N)c[nH]2)c2ccccc2N1. The Kier molecular flexibility index (Phi) is 3.60. The zero-order valence-electron chi connectivity index (χ0n) is 12.6. The van der Waals surface area contributed by atoms with E-state index in [-0.39, 0.29) is 11.9 Å². The number of carbonyl (C=O) groups is 1. The Labute approximate surface area is 129 Å². The fraction of sp³-hybridized carbons (Fsp3) is 0.294. The first kappa shape index (κ1) is 14.2. The first-order valence-corrected chi connectivity index (χ1v) is 7.36. The number of hydrogen-bond donors (Lipinski definition) is 2. The molecule has 0 aliphatic carbocycles. The van der Waals surface area contributed by atoms with Crippen molar-refractivity contribution in [3.63, 3.8) is 0 Å². The van der Waals surface area contributed by atoms with Gasteiger partial charge in [0.15, 0.2) is 0 Å². The number of aromatic nitrogens is 1. The monoisotopic (exact) mass is 294 g/mol. The summed E-state index contributed by atoms with van der Waals surface area (Å²) in [6.45, 7) is 4.88. The molecule has 0 fully saturated rings. The zero-order chi connectivity index (χ0) is 15.7. The highest BCUT2D eigenvalue weighted by Crippen LogP contribution is 2.33. The van der Waals surface area contributed by atoms with Crippen LogP contribution in [0.4, 0.5) is 11.4 Å². The Morgan fingerprint density at radius 2 is 2.18 bits per heavy atom. The van der Waals surface area contributed by atoms with Gasteiger partial charge in [-0.3, -0.25) is 4.79 Å². The Morgan fingerprint density at radius 1 is 1.41 bits per heavy atom. The smallest absolute Gasteiger partial charge is 0.274 e. The second-order valence-corrected chi connectivity index (χ2v) is 5.84. The molecule has 0 spiro atoms. The minimum Gasteiger partial charge on any atom is -0.379 e. The van der Waals surface area contributed by atoms with Crippen LogP contribution in [0.15, 0.2) is 36.5 Å². The molecule has 0 saturated heterocycles. The molecule has 2 heterocycles. The molecular weight excluding hydrogens is 276 g/mol. The molecule has 22 heavy (non-hydrogen) atoms. The van der Waals surface area contributed by atoms with Crippen molar-refractivity contribution in [2.24, 2.45) is 5.92 Å². The predicted molar refractivity (Wildman–Crippen MR) is 85.9 cm³/mol. The lowest BCUT2D eigenvalue weighted by atomic mass is 9.99. The largest absolute Gasteiger partial charge is 0.379 e. The number of anilines is 2. The van der Waals surface area contributed by atoms with E-state index < -0.39 is 0 Å². The average molecular weight is 294 g/mol. The van der Waals surface area contributed by atoms with Gasteiger partial charge in [-0.05, 0) is 24.1 Å². The van der Waals surface area contributed by atoms with Gasteiger partial charge in [-0.1, -0.05) is 26.0 Å². The van der Waals surface area contributed by atoms with Crippen LogP contribution in [0.1, 0.15) is 29.9 Å². The van der Waals surface area contributed by atoms with E-state index in [1.54, 1.807) is 17.2 Å². The van der Waals surface area contributed by atoms with Crippen LogP contribution < -0.4 is 10.2 Å². The third-order valence-corrected chi connectivity index (χ3v) is 4.01. The number of H-pyrrole nitrogens is 1. The highest BCUT2D eigenvalue weighted by Gasteiger charge is 2.30. The van der Waals surface area contributed by atoms with Crippen molar-refractivity contribution in [1.82, 2.24) is 4.98 Å². The molecule has 1 aromatic carbocycles. The van der Waals surface area contributed by atoms with Crippen molar-refractivity contribution in [3.8, 4) is 6.07 Å². The molecule has 3 rings (SSSR count). The van der Waals surface area contributed by atoms with Gasteiger partial charge >= 0.3 is 0 Å². The number of nitriles is 1. The summed E-state index contributed by atoms with van der Waals surface area (Å²) in [5.74, 6) is 0.295. The van der Waals surface area contributed by atoms with Gasteiger partial charge in [0.2, 0.25) is 0 Å². The Bertz CT molecular complexity index is 741. The fourth-order valence-electron chi connectivity index (χ4n) is 2.67. The van der Waals surface area contributed by atoms with Crippen molar-refractivity contribution in [1.29, 1.82) is 5.26 Å². The van der Waals surface area contributed by atoms with E-state index in [1.807, 2.05) is 30.3 Å². The van der Waals surface area contributed by atoms with E-state index in [9.17, 15) is 4.79 Å².